The summed E-state index contributed by atoms with van der Waals surface area (Å²) in [7, 11) is 0. The van der Waals surface area contributed by atoms with Crippen LogP contribution >= 0.6 is 15.9 Å². The Labute approximate surface area is 40.0 Å². The Hall–Kier alpha value is 0.0200. The Balaban J connectivity index is 2.62. The van der Waals surface area contributed by atoms with E-state index >= 15 is 0 Å². The van der Waals surface area contributed by atoms with Gasteiger partial charge >= 0.3 is 0 Å². The molecule has 1 nitrogen and oxygen atoms in total. The molecule has 2 heteroatoms. The van der Waals surface area contributed by atoms with Crippen molar-refractivity contribution in [2.24, 2.45) is 5.73 Å². The number of halogens is 1. The van der Waals surface area contributed by atoms with Crippen LogP contribution in [-0.4, -0.2) is 5.33 Å². The van der Waals surface area contributed by atoms with E-state index in [9.17, 15) is 0 Å². The molecule has 0 saturated carbocycles. The predicted octanol–water partition coefficient (Wildman–Crippen LogP) is 0.854. The summed E-state index contributed by atoms with van der Waals surface area (Å²) in [5.41, 5.74) is 4.93. The second kappa shape index (κ2) is 4.02. The van der Waals surface area contributed by atoms with Gasteiger partial charge in [0.2, 0.25) is 0 Å². The van der Waals surface area contributed by atoms with Gasteiger partial charge < -0.3 is 5.73 Å². The van der Waals surface area contributed by atoms with Crippen LogP contribution in [0.4, 0.5) is 0 Å². The van der Waals surface area contributed by atoms with Crippen LogP contribution in [0, 0.1) is 0 Å². The molecule has 2 N–H and O–H groups in total. The van der Waals surface area contributed by atoms with E-state index in [0.29, 0.717) is 0 Å². The van der Waals surface area contributed by atoms with Gasteiger partial charge in [-0.25, -0.2) is 0 Å². The molecule has 0 unspecified atom stereocenters. The lowest BCUT2D eigenvalue weighted by atomic mass is 10.7. The normalized spacial score (nSPS) is 9.80. The molecule has 0 spiro atoms. The molecule has 0 bridgehead atoms. The summed E-state index contributed by atoms with van der Waals surface area (Å²) in [6, 6.07) is 0. The summed E-state index contributed by atoms with van der Waals surface area (Å²) >= 11 is 3.14. The molecule has 5 heavy (non-hydrogen) atoms. The van der Waals surface area contributed by atoms with Gasteiger partial charge in [0.1, 0.15) is 0 Å². The first-order chi connectivity index (χ1) is 2.41. The van der Waals surface area contributed by atoms with Crippen LogP contribution in [-0.2, 0) is 0 Å². The fourth-order valence-corrected chi connectivity index (χ4v) is 0.267. The Morgan fingerprint density at radius 3 is 2.40 bits per heavy atom. The maximum absolute atomic E-state index is 4.93. The molecule has 0 amide bonds. The molecule has 0 heterocycles. The number of allylic oxidation sites excluding steroid dienone is 1. The third kappa shape index (κ3) is 4.02. The van der Waals surface area contributed by atoms with Gasteiger partial charge in [-0.15, -0.1) is 0 Å². The van der Waals surface area contributed by atoms with E-state index in [4.69, 9.17) is 5.73 Å². The Morgan fingerprint density at radius 2 is 2.40 bits per heavy atom. The first kappa shape index (κ1) is 5.02. The second-order valence-electron chi connectivity index (χ2n) is 0.582. The largest absolute Gasteiger partial charge is 0.405 e. The molecule has 0 radical (unpaired) electrons. The molecule has 0 aromatic carbocycles. The number of rotatable bonds is 1. The minimum absolute atomic E-state index is 0.851. The van der Waals surface area contributed by atoms with Gasteiger partial charge in [-0.1, -0.05) is 22.0 Å². The molecule has 0 aromatic rings. The van der Waals surface area contributed by atoms with E-state index in [1.165, 1.54) is 6.20 Å². The molecule has 0 saturated heterocycles. The number of hydrogen-bond acceptors (Lipinski definition) is 1. The van der Waals surface area contributed by atoms with Gasteiger partial charge in [-0.3, -0.25) is 0 Å². The van der Waals surface area contributed by atoms with Gasteiger partial charge in [-0.05, 0) is 6.20 Å². The van der Waals surface area contributed by atoms with Crippen LogP contribution in [0.2, 0.25) is 0 Å². The minimum Gasteiger partial charge on any atom is -0.405 e. The van der Waals surface area contributed by atoms with E-state index in [0.717, 1.165) is 5.33 Å². The average molecular weight is 136 g/mol. The molecule has 0 aromatic heterocycles. The Kier molecular flexibility index (Phi) is 4.04. The van der Waals surface area contributed by atoms with Gasteiger partial charge in [0, 0.05) is 5.33 Å². The van der Waals surface area contributed by atoms with Crippen molar-refractivity contribution in [3.05, 3.63) is 12.3 Å². The highest BCUT2D eigenvalue weighted by Crippen LogP contribution is 1.75. The molecular weight excluding hydrogens is 130 g/mol. The third-order valence-corrected chi connectivity index (χ3v) is 0.599. The molecule has 0 aliphatic carbocycles. The topological polar surface area (TPSA) is 26.0 Å². The number of nitrogens with two attached hydrogens (primary N) is 1. The molecular formula is C3H6BrN. The first-order valence-electron chi connectivity index (χ1n) is 1.34. The predicted molar refractivity (Wildman–Crippen MR) is 27.1 cm³/mol. The summed E-state index contributed by atoms with van der Waals surface area (Å²) in [4.78, 5) is 0. The lowest BCUT2D eigenvalue weighted by Gasteiger charge is -1.64. The minimum atomic E-state index is 0.851. The molecule has 0 rings (SSSR count). The van der Waals surface area contributed by atoms with Crippen molar-refractivity contribution < 1.29 is 0 Å². The van der Waals surface area contributed by atoms with E-state index in [1.54, 1.807) is 0 Å². The highest BCUT2D eigenvalue weighted by atomic mass is 79.9. The standard InChI is InChI=1S/C3H6BrN/c4-2-1-3-5/h1,3H,2,5H2/b3-1-. The highest BCUT2D eigenvalue weighted by Gasteiger charge is 1.54. The fraction of sp³-hybridized carbons (Fsp3) is 0.333. The van der Waals surface area contributed by atoms with Crippen LogP contribution < -0.4 is 5.73 Å². The van der Waals surface area contributed by atoms with Crippen molar-refractivity contribution in [1.82, 2.24) is 0 Å². The SMILES string of the molecule is N/C=C\CBr. The number of alkyl halides is 1. The molecule has 30 valence electrons. The zero-order chi connectivity index (χ0) is 4.12. The van der Waals surface area contributed by atoms with Crippen LogP contribution in [0.5, 0.6) is 0 Å². The van der Waals surface area contributed by atoms with Crippen LogP contribution in [0.15, 0.2) is 12.3 Å². The lowest BCUT2D eigenvalue weighted by molar-refractivity contribution is 1.57. The van der Waals surface area contributed by atoms with Gasteiger partial charge in [-0.2, -0.15) is 0 Å². The van der Waals surface area contributed by atoms with Crippen LogP contribution in [0.1, 0.15) is 0 Å². The second-order valence-corrected chi connectivity index (χ2v) is 1.23. The smallest absolute Gasteiger partial charge is 0.0228 e. The summed E-state index contributed by atoms with van der Waals surface area (Å²) < 4.78 is 0. The quantitative estimate of drug-likeness (QED) is 0.531. The van der Waals surface area contributed by atoms with Crippen molar-refractivity contribution in [3.63, 3.8) is 0 Å². The lowest BCUT2D eigenvalue weighted by Crippen LogP contribution is -1.73. The van der Waals surface area contributed by atoms with E-state index in [-0.39, 0.29) is 0 Å². The first-order valence-corrected chi connectivity index (χ1v) is 2.46. The summed E-state index contributed by atoms with van der Waals surface area (Å²) in [5.74, 6) is 0. The van der Waals surface area contributed by atoms with Crippen molar-refractivity contribution >= 4 is 15.9 Å². The van der Waals surface area contributed by atoms with Crippen molar-refractivity contribution in [1.29, 1.82) is 0 Å². The fourth-order valence-electron chi connectivity index (χ4n) is 0.0514. The van der Waals surface area contributed by atoms with Crippen LogP contribution in [0.3, 0.4) is 0 Å². The van der Waals surface area contributed by atoms with E-state index < -0.39 is 0 Å². The highest BCUT2D eigenvalue weighted by molar-refractivity contribution is 9.09. The van der Waals surface area contributed by atoms with Crippen molar-refractivity contribution in [2.75, 3.05) is 5.33 Å². The summed E-state index contributed by atoms with van der Waals surface area (Å²) in [6.45, 7) is 0. The Morgan fingerprint density at radius 1 is 1.80 bits per heavy atom. The van der Waals surface area contributed by atoms with E-state index in [1.807, 2.05) is 6.08 Å². The number of hydrogen-bond donors (Lipinski definition) is 1. The monoisotopic (exact) mass is 135 g/mol. The molecule has 0 atom stereocenters. The average Bonchev–Trinajstić information content (AvgIpc) is 1.41. The Bertz CT molecular complexity index is 33.9. The summed E-state index contributed by atoms with van der Waals surface area (Å²) in [6.07, 6.45) is 3.33. The molecule has 0 fully saturated rings. The van der Waals surface area contributed by atoms with Gasteiger partial charge in [0.25, 0.3) is 0 Å². The zero-order valence-electron chi connectivity index (χ0n) is 2.82. The molecule has 0 aliphatic rings. The summed E-state index contributed by atoms with van der Waals surface area (Å²) in [5, 5.41) is 0.851. The maximum atomic E-state index is 4.93. The maximum Gasteiger partial charge on any atom is 0.0228 e. The van der Waals surface area contributed by atoms with Crippen molar-refractivity contribution in [2.45, 2.75) is 0 Å². The van der Waals surface area contributed by atoms with Gasteiger partial charge in [0.15, 0.2) is 0 Å². The third-order valence-electron chi connectivity index (χ3n) is 0.225. The van der Waals surface area contributed by atoms with Gasteiger partial charge in [0.05, 0.1) is 0 Å². The van der Waals surface area contributed by atoms with E-state index in [2.05, 4.69) is 15.9 Å². The van der Waals surface area contributed by atoms with Crippen LogP contribution in [0.25, 0.3) is 0 Å². The van der Waals surface area contributed by atoms with Crippen molar-refractivity contribution in [3.8, 4) is 0 Å². The molecule has 0 aliphatic heterocycles. The zero-order valence-corrected chi connectivity index (χ0v) is 4.40.